The molecule has 0 amide bonds. The number of carbonyl (C=O) groups is 4. The lowest BCUT2D eigenvalue weighted by Crippen LogP contribution is -2.30. The molecule has 3 N–H and O–H groups in total. The first-order chi connectivity index (χ1) is 52.1. The van der Waals surface area contributed by atoms with Crippen LogP contribution < -0.4 is 0 Å². The van der Waals surface area contributed by atoms with E-state index in [1.54, 1.807) is 0 Å². The number of hydrogen-bond donors (Lipinski definition) is 3. The summed E-state index contributed by atoms with van der Waals surface area (Å²) in [6.45, 7) is 7.46. The zero-order valence-electron chi connectivity index (χ0n) is 70.3. The van der Waals surface area contributed by atoms with Crippen LogP contribution in [0, 0.1) is 5.92 Å². The Morgan fingerprint density at radius 2 is 0.449 bits per heavy atom. The summed E-state index contributed by atoms with van der Waals surface area (Å²) in [7, 11) is -9.93. The molecule has 0 aliphatic heterocycles. The first-order valence-electron chi connectivity index (χ1n) is 45.7. The van der Waals surface area contributed by atoms with Crippen LogP contribution in [0.1, 0.15) is 478 Å². The summed E-state index contributed by atoms with van der Waals surface area (Å²) >= 11 is 0. The molecule has 107 heavy (non-hydrogen) atoms. The smallest absolute Gasteiger partial charge is 0.462 e. The van der Waals surface area contributed by atoms with Gasteiger partial charge in [0.25, 0.3) is 0 Å². The second-order valence-corrected chi connectivity index (χ2v) is 34.8. The number of phosphoric ester groups is 2. The SMILES string of the molecule is CCCCCCCCCCCCCCCCCCC(=O)OC[C@H](COP(=O)(O)OC[C@@H](O)COP(=O)(O)OC[C@@H](COC(=O)CCCCCCCCCCCCCCC)OC(=O)CCCCCCCCCCCCCCCCCC)OC(=O)CCCCCCCCCCCCCCCCCCCCC(C)CC. The summed E-state index contributed by atoms with van der Waals surface area (Å²) in [6.07, 6.45) is 74.8. The van der Waals surface area contributed by atoms with Crippen molar-refractivity contribution in [2.24, 2.45) is 5.92 Å². The van der Waals surface area contributed by atoms with Crippen LogP contribution in [0.25, 0.3) is 0 Å². The zero-order chi connectivity index (χ0) is 78.3. The number of carbonyl (C=O) groups excluding carboxylic acids is 4. The second kappa shape index (κ2) is 80.7. The van der Waals surface area contributed by atoms with E-state index in [-0.39, 0.29) is 25.7 Å². The van der Waals surface area contributed by atoms with Gasteiger partial charge in [-0.1, -0.05) is 426 Å². The molecule has 0 aliphatic carbocycles. The van der Waals surface area contributed by atoms with E-state index in [0.717, 1.165) is 95.8 Å². The highest BCUT2D eigenvalue weighted by Gasteiger charge is 2.30. The van der Waals surface area contributed by atoms with Crippen LogP contribution >= 0.6 is 15.6 Å². The van der Waals surface area contributed by atoms with Gasteiger partial charge in [-0.2, -0.15) is 0 Å². The van der Waals surface area contributed by atoms with Crippen molar-refractivity contribution in [2.75, 3.05) is 39.6 Å². The molecule has 0 aliphatic rings. The van der Waals surface area contributed by atoms with E-state index >= 15 is 0 Å². The van der Waals surface area contributed by atoms with Crippen LogP contribution in [0.4, 0.5) is 0 Å². The quantitative estimate of drug-likeness (QED) is 0.0222. The van der Waals surface area contributed by atoms with Crippen LogP contribution in [-0.2, 0) is 65.4 Å². The molecule has 0 aromatic carbocycles. The summed E-state index contributed by atoms with van der Waals surface area (Å²) in [4.78, 5) is 73.3. The molecule has 0 bridgehead atoms. The molecule has 0 radical (unpaired) electrons. The van der Waals surface area contributed by atoms with Crippen molar-refractivity contribution in [2.45, 2.75) is 496 Å². The van der Waals surface area contributed by atoms with Crippen molar-refractivity contribution >= 4 is 39.5 Å². The number of phosphoric acid groups is 2. The molecule has 6 atom stereocenters. The van der Waals surface area contributed by atoms with Crippen LogP contribution in [0.5, 0.6) is 0 Å². The molecule has 0 rings (SSSR count). The first-order valence-corrected chi connectivity index (χ1v) is 48.7. The van der Waals surface area contributed by atoms with Crippen molar-refractivity contribution in [1.82, 2.24) is 0 Å². The van der Waals surface area contributed by atoms with Gasteiger partial charge in [0.2, 0.25) is 0 Å². The van der Waals surface area contributed by atoms with Crippen LogP contribution in [-0.4, -0.2) is 96.7 Å². The number of esters is 4. The number of aliphatic hydroxyl groups is 1. The van der Waals surface area contributed by atoms with Gasteiger partial charge >= 0.3 is 39.5 Å². The van der Waals surface area contributed by atoms with Gasteiger partial charge in [-0.05, 0) is 31.6 Å². The van der Waals surface area contributed by atoms with Gasteiger partial charge < -0.3 is 33.8 Å². The second-order valence-electron chi connectivity index (χ2n) is 31.9. The fourth-order valence-corrected chi connectivity index (χ4v) is 15.4. The van der Waals surface area contributed by atoms with E-state index < -0.39 is 97.5 Å². The zero-order valence-corrected chi connectivity index (χ0v) is 72.1. The van der Waals surface area contributed by atoms with Crippen molar-refractivity contribution in [3.05, 3.63) is 0 Å². The Hall–Kier alpha value is -1.94. The van der Waals surface area contributed by atoms with Gasteiger partial charge in [-0.25, -0.2) is 9.13 Å². The van der Waals surface area contributed by atoms with Gasteiger partial charge in [0.15, 0.2) is 12.2 Å². The fraction of sp³-hybridized carbons (Fsp3) is 0.955. The Labute approximate surface area is 658 Å². The maximum absolute atomic E-state index is 13.2. The molecule has 0 saturated carbocycles. The van der Waals surface area contributed by atoms with Gasteiger partial charge in [0.1, 0.15) is 19.3 Å². The van der Waals surface area contributed by atoms with E-state index in [4.69, 9.17) is 37.0 Å². The molecular weight excluding hydrogens is 1390 g/mol. The van der Waals surface area contributed by atoms with E-state index in [9.17, 15) is 43.2 Å². The molecule has 17 nitrogen and oxygen atoms in total. The largest absolute Gasteiger partial charge is 0.472 e. The Morgan fingerprint density at radius 1 is 0.262 bits per heavy atom. The van der Waals surface area contributed by atoms with Crippen molar-refractivity contribution < 1.29 is 80.2 Å². The lowest BCUT2D eigenvalue weighted by atomic mass is 9.99. The predicted octanol–water partition coefficient (Wildman–Crippen LogP) is 27.2. The molecule has 0 aromatic heterocycles. The summed E-state index contributed by atoms with van der Waals surface area (Å²) in [6, 6.07) is 0. The predicted molar refractivity (Wildman–Crippen MR) is 442 cm³/mol. The summed E-state index contributed by atoms with van der Waals surface area (Å²) in [5.74, 6) is -1.22. The van der Waals surface area contributed by atoms with E-state index in [1.165, 1.54) is 302 Å². The highest BCUT2D eigenvalue weighted by molar-refractivity contribution is 7.47. The maximum Gasteiger partial charge on any atom is 0.472 e. The Morgan fingerprint density at radius 3 is 0.664 bits per heavy atom. The fourth-order valence-electron chi connectivity index (χ4n) is 13.8. The third kappa shape index (κ3) is 80.5. The summed E-state index contributed by atoms with van der Waals surface area (Å²) in [5, 5.41) is 10.7. The molecule has 0 heterocycles. The minimum absolute atomic E-state index is 0.109. The summed E-state index contributed by atoms with van der Waals surface area (Å²) < 4.78 is 69.0. The molecule has 0 spiro atoms. The standard InChI is InChI=1S/C88H172O17P2/c1-6-10-13-16-19-22-25-28-30-37-42-47-52-57-62-67-72-86(91)99-78-84(105-88(93)74-69-64-59-54-49-44-39-35-33-32-34-36-41-45-50-55-60-65-70-81(5)9-4)80-103-107(96,97)101-76-82(89)75-100-106(94,95)102-79-83(77-98-85(90)71-66-61-56-51-46-40-27-24-21-18-15-12-8-3)104-87(92)73-68-63-58-53-48-43-38-31-29-26-23-20-17-14-11-7-2/h81-84,89H,6-80H2,1-5H3,(H,94,95)(H,96,97)/t81?,82-,83+,84+/m0/s1. The van der Waals surface area contributed by atoms with Gasteiger partial charge in [-0.15, -0.1) is 0 Å². The average Bonchev–Trinajstić information content (AvgIpc) is 0.901. The van der Waals surface area contributed by atoms with Crippen LogP contribution in [0.2, 0.25) is 0 Å². The molecule has 0 fully saturated rings. The third-order valence-electron chi connectivity index (χ3n) is 21.1. The van der Waals surface area contributed by atoms with Gasteiger partial charge in [-0.3, -0.25) is 37.3 Å². The normalized spacial score (nSPS) is 14.0. The number of hydrogen-bond acceptors (Lipinski definition) is 15. The average molecular weight is 1560 g/mol. The topological polar surface area (TPSA) is 237 Å². The van der Waals surface area contributed by atoms with Crippen LogP contribution in [0.15, 0.2) is 0 Å². The van der Waals surface area contributed by atoms with Crippen molar-refractivity contribution in [3.8, 4) is 0 Å². The molecule has 3 unspecified atom stereocenters. The Bertz CT molecular complexity index is 2030. The lowest BCUT2D eigenvalue weighted by Gasteiger charge is -2.21. The molecular formula is C88H172O17P2. The summed E-state index contributed by atoms with van der Waals surface area (Å²) in [5.41, 5.74) is 0. The van der Waals surface area contributed by atoms with Crippen LogP contribution in [0.3, 0.4) is 0 Å². The first kappa shape index (κ1) is 105. The number of rotatable bonds is 88. The van der Waals surface area contributed by atoms with E-state index in [2.05, 4.69) is 34.6 Å². The Balaban J connectivity index is 5.25. The lowest BCUT2D eigenvalue weighted by molar-refractivity contribution is -0.161. The third-order valence-corrected chi connectivity index (χ3v) is 23.0. The molecule has 19 heteroatoms. The van der Waals surface area contributed by atoms with Crippen molar-refractivity contribution in [3.63, 3.8) is 0 Å². The molecule has 636 valence electrons. The minimum atomic E-state index is -4.97. The molecule has 0 saturated heterocycles. The minimum Gasteiger partial charge on any atom is -0.462 e. The van der Waals surface area contributed by atoms with Gasteiger partial charge in [0.05, 0.1) is 26.4 Å². The highest BCUT2D eigenvalue weighted by Crippen LogP contribution is 2.45. The van der Waals surface area contributed by atoms with E-state index in [0.29, 0.717) is 25.7 Å². The number of ether oxygens (including phenoxy) is 4. The monoisotopic (exact) mass is 1560 g/mol. The maximum atomic E-state index is 13.2. The number of aliphatic hydroxyl groups excluding tert-OH is 1. The van der Waals surface area contributed by atoms with Crippen molar-refractivity contribution in [1.29, 1.82) is 0 Å². The molecule has 0 aromatic rings. The highest BCUT2D eigenvalue weighted by atomic mass is 31.2. The number of unbranched alkanes of at least 4 members (excludes halogenated alkanes) is 59. The van der Waals surface area contributed by atoms with Gasteiger partial charge in [0, 0.05) is 25.7 Å². The van der Waals surface area contributed by atoms with E-state index in [1.807, 2.05) is 0 Å². The Kier molecular flexibility index (Phi) is 79.2.